The predicted molar refractivity (Wildman–Crippen MR) is 56.3 cm³/mol. The van der Waals surface area contributed by atoms with E-state index in [1.54, 1.807) is 0 Å². The zero-order valence-corrected chi connectivity index (χ0v) is 28.8. The van der Waals surface area contributed by atoms with E-state index in [0.29, 0.717) is 0 Å². The monoisotopic (exact) mass is 788 g/mol. The summed E-state index contributed by atoms with van der Waals surface area (Å²) in [4.78, 5) is 59.8. The molecule has 0 spiro atoms. The zero-order chi connectivity index (χ0) is 18.6. The van der Waals surface area contributed by atoms with Gasteiger partial charge in [0, 0.05) is 0 Å². The summed E-state index contributed by atoms with van der Waals surface area (Å²) in [6.07, 6.45) is 0. The quantitative estimate of drug-likeness (QED) is 0.191. The van der Waals surface area contributed by atoms with Crippen LogP contribution >= 0.6 is 54.1 Å². The zero-order valence-electron chi connectivity index (χ0n) is 11.6. The maximum Gasteiger partial charge on any atom is 2.00 e. The van der Waals surface area contributed by atoms with E-state index in [-0.39, 0.29) is 81.9 Å². The van der Waals surface area contributed by atoms with Gasteiger partial charge in [0.2, 0.25) is 0 Å². The Morgan fingerprint density at radius 1 is 0.640 bits per heavy atom. The summed E-state index contributed by atoms with van der Waals surface area (Å²) in [5, 5.41) is 16.5. The molecular weight excluding hydrogens is 780 g/mol. The fourth-order valence-corrected chi connectivity index (χ4v) is 4.40. The smallest absolute Gasteiger partial charge is 0.809 e. The van der Waals surface area contributed by atoms with Gasteiger partial charge in [-0.05, 0) is 15.2 Å². The second kappa shape index (κ2) is 15.6. The SMILES string of the molecule is O=P([O-])([O-])C(O)P(=O)([O-])OCl.O=P([O-])([O-])C(O)P(=O)([O-])OCl.[Cd+2].[Cd+2].[Cd+2]. The van der Waals surface area contributed by atoms with E-state index >= 15 is 0 Å². The average molecular weight is 784 g/mol. The van der Waals surface area contributed by atoms with Crippen LogP contribution in [-0.4, -0.2) is 21.4 Å². The van der Waals surface area contributed by atoms with Gasteiger partial charge < -0.3 is 57.8 Å². The predicted octanol–water partition coefficient (Wildman–Crippen LogP) is -4.21. The molecule has 0 saturated heterocycles. The van der Waals surface area contributed by atoms with Gasteiger partial charge in [-0.3, -0.25) is 0 Å². The Kier molecular flexibility index (Phi) is 24.6. The Balaban J connectivity index is -0.0000000952. The van der Waals surface area contributed by atoms with Crippen molar-refractivity contribution in [2.75, 3.05) is 0 Å². The van der Waals surface area contributed by atoms with E-state index < -0.39 is 41.6 Å². The number of hydrogen-bond acceptors (Lipinski definition) is 14. The average Bonchev–Trinajstić information content (AvgIpc) is 2.35. The van der Waals surface area contributed by atoms with E-state index in [9.17, 15) is 47.6 Å². The third kappa shape index (κ3) is 16.3. The summed E-state index contributed by atoms with van der Waals surface area (Å²) in [7, 11) is -21.7. The molecule has 0 heterocycles. The van der Waals surface area contributed by atoms with Crippen LogP contribution in [0, 0.1) is 0 Å². The molecule has 14 nitrogen and oxygen atoms in total. The van der Waals surface area contributed by atoms with Gasteiger partial charge in [0.25, 0.3) is 0 Å². The molecule has 0 aliphatic rings. The topological polar surface area (TPSA) is 266 Å². The molecule has 23 heteroatoms. The molecule has 0 radical (unpaired) electrons. The molecule has 0 aliphatic carbocycles. The fraction of sp³-hybridized carbons (Fsp3) is 1.00. The molecular formula is C2H4Cd3Cl2O14P4. The van der Waals surface area contributed by atoms with Crippen molar-refractivity contribution in [3.8, 4) is 0 Å². The standard InChI is InChI=1S/2CH5ClO7P2.3Cd/c2*2-9-11(7,8)1(3)10(4,5)6;;;/h2*1,3H,(H,7,8)(H2,4,5,6);;;/q;;3*+2/p-6. The Morgan fingerprint density at radius 3 is 0.840 bits per heavy atom. The van der Waals surface area contributed by atoms with Crippen LogP contribution in [0.2, 0.25) is 0 Å². The second-order valence-corrected chi connectivity index (χ2v) is 11.2. The molecule has 0 aromatic rings. The Bertz CT molecular complexity index is 498. The molecule has 0 rings (SSSR count). The van der Waals surface area contributed by atoms with E-state index in [0.717, 1.165) is 0 Å². The molecule has 0 aliphatic heterocycles. The summed E-state index contributed by atoms with van der Waals surface area (Å²) in [5.74, 6) is 0. The molecule has 0 fully saturated rings. The molecule has 2 N–H and O–H groups in total. The number of aliphatic hydroxyl groups excluding tert-OH is 2. The summed E-state index contributed by atoms with van der Waals surface area (Å²) in [6.45, 7) is 0. The van der Waals surface area contributed by atoms with Crippen molar-refractivity contribution in [1.82, 2.24) is 0 Å². The Morgan fingerprint density at radius 2 is 0.800 bits per heavy atom. The van der Waals surface area contributed by atoms with Gasteiger partial charge >= 0.3 is 81.9 Å². The number of aliphatic hydroxyl groups is 2. The van der Waals surface area contributed by atoms with E-state index in [1.165, 1.54) is 0 Å². The first-order valence-electron chi connectivity index (χ1n) is 4.05. The van der Waals surface area contributed by atoms with Gasteiger partial charge in [0.05, 0.1) is 23.7 Å². The largest absolute Gasteiger partial charge is 2.00 e. The maximum atomic E-state index is 10.2. The third-order valence-electron chi connectivity index (χ3n) is 1.32. The molecule has 4 unspecified atom stereocenters. The number of halogens is 2. The van der Waals surface area contributed by atoms with Gasteiger partial charge in [0.15, 0.2) is 15.2 Å². The van der Waals surface area contributed by atoms with Gasteiger partial charge in [-0.15, -0.1) is 0 Å². The molecule has 0 amide bonds. The Hall–Kier alpha value is 3.87. The first kappa shape index (κ1) is 39.4. The minimum absolute atomic E-state index is 0. The van der Waals surface area contributed by atoms with Gasteiger partial charge in [-0.2, -0.15) is 0 Å². The summed E-state index contributed by atoms with van der Waals surface area (Å²) >= 11 is 8.52. The molecule has 0 bridgehead atoms. The van der Waals surface area contributed by atoms with Crippen LogP contribution in [0.5, 0.6) is 0 Å². The van der Waals surface area contributed by atoms with Crippen LogP contribution in [0.15, 0.2) is 0 Å². The first-order chi connectivity index (χ1) is 9.43. The molecule has 25 heavy (non-hydrogen) atoms. The van der Waals surface area contributed by atoms with Crippen molar-refractivity contribution >= 4 is 54.1 Å². The molecule has 0 saturated carbocycles. The molecule has 4 atom stereocenters. The summed E-state index contributed by atoms with van der Waals surface area (Å²) in [5.41, 5.74) is -6.26. The fourth-order valence-electron chi connectivity index (χ4n) is 0.418. The van der Waals surface area contributed by atoms with E-state index in [2.05, 4.69) is 31.9 Å². The van der Waals surface area contributed by atoms with Crippen molar-refractivity contribution in [3.63, 3.8) is 0 Å². The van der Waals surface area contributed by atoms with Crippen LogP contribution in [0.1, 0.15) is 0 Å². The Labute approximate surface area is 210 Å². The van der Waals surface area contributed by atoms with Crippen LogP contribution in [-0.2, 0) is 108 Å². The van der Waals surface area contributed by atoms with Crippen molar-refractivity contribution in [2.24, 2.45) is 0 Å². The summed E-state index contributed by atoms with van der Waals surface area (Å²) < 4.78 is 46.2. The summed E-state index contributed by atoms with van der Waals surface area (Å²) in [6, 6.07) is 0. The second-order valence-electron chi connectivity index (χ2n) is 2.99. The van der Waals surface area contributed by atoms with E-state index in [1.807, 2.05) is 0 Å². The number of rotatable bonds is 6. The third-order valence-corrected chi connectivity index (χ3v) is 8.52. The maximum absolute atomic E-state index is 10.2. The van der Waals surface area contributed by atoms with Crippen molar-refractivity contribution < 1.29 is 148 Å². The normalized spacial score (nSPS) is 18.3. The molecule has 0 aromatic heterocycles. The number of hydrogen-bond donors (Lipinski definition) is 2. The van der Waals surface area contributed by atoms with Crippen LogP contribution in [0.25, 0.3) is 0 Å². The minimum atomic E-state index is -5.62. The van der Waals surface area contributed by atoms with Gasteiger partial charge in [0.1, 0.15) is 11.2 Å². The van der Waals surface area contributed by atoms with Crippen molar-refractivity contribution in [3.05, 3.63) is 0 Å². The van der Waals surface area contributed by atoms with Gasteiger partial charge in [-0.25, -0.2) is 8.15 Å². The van der Waals surface area contributed by atoms with E-state index in [4.69, 9.17) is 10.2 Å². The van der Waals surface area contributed by atoms with Crippen LogP contribution < -0.4 is 29.4 Å². The van der Waals surface area contributed by atoms with Crippen LogP contribution in [0.3, 0.4) is 0 Å². The minimum Gasteiger partial charge on any atom is -0.809 e. The first-order valence-corrected chi connectivity index (χ1v) is 11.1. The van der Waals surface area contributed by atoms with Crippen LogP contribution in [0.4, 0.5) is 0 Å². The molecule has 0 aromatic carbocycles. The van der Waals surface area contributed by atoms with Crippen molar-refractivity contribution in [2.45, 2.75) is 11.2 Å². The van der Waals surface area contributed by atoms with Crippen molar-refractivity contribution in [1.29, 1.82) is 0 Å². The van der Waals surface area contributed by atoms with Gasteiger partial charge in [-0.1, -0.05) is 0 Å². The molecule has 136 valence electrons.